The molecule has 0 saturated heterocycles. The van der Waals surface area contributed by atoms with E-state index < -0.39 is 5.97 Å². The van der Waals surface area contributed by atoms with Crippen LogP contribution in [0.5, 0.6) is 0 Å². The third-order valence-corrected chi connectivity index (χ3v) is 2.85. The average Bonchev–Trinajstić information content (AvgIpc) is 2.14. The van der Waals surface area contributed by atoms with Crippen molar-refractivity contribution in [3.63, 3.8) is 0 Å². The number of alkyl halides is 1. The van der Waals surface area contributed by atoms with Gasteiger partial charge in [0.15, 0.2) is 0 Å². The Bertz CT molecular complexity index is 124. The monoisotopic (exact) mass is 240 g/mol. The number of halogens is 1. The fourth-order valence-corrected chi connectivity index (χ4v) is 2.12. The van der Waals surface area contributed by atoms with Gasteiger partial charge >= 0.3 is 5.97 Å². The van der Waals surface area contributed by atoms with Crippen LogP contribution < -0.4 is 0 Å². The van der Waals surface area contributed by atoms with Crippen LogP contribution in [0.3, 0.4) is 0 Å². The molecule has 52 valence electrons. The normalized spacial score (nSPS) is 34.8. The fraction of sp³-hybridized carbons (Fsp3) is 0.833. The molecular weight excluding hydrogens is 231 g/mol. The Morgan fingerprint density at radius 3 is 2.44 bits per heavy atom. The summed E-state index contributed by atoms with van der Waals surface area (Å²) in [4.78, 5) is 10.3. The lowest BCUT2D eigenvalue weighted by atomic mass is 10.1. The molecule has 1 N–H and O–H groups in total. The third-order valence-electron chi connectivity index (χ3n) is 1.72. The Labute approximate surface area is 67.8 Å². The molecule has 1 saturated carbocycles. The summed E-state index contributed by atoms with van der Waals surface area (Å²) in [6.45, 7) is 0. The van der Waals surface area contributed by atoms with Crippen LogP contribution in [0, 0.1) is 5.92 Å². The first kappa shape index (κ1) is 7.31. The molecule has 1 aliphatic carbocycles. The summed E-state index contributed by atoms with van der Waals surface area (Å²) >= 11 is 2.32. The van der Waals surface area contributed by atoms with Crippen molar-refractivity contribution >= 4 is 28.6 Å². The molecule has 0 spiro atoms. The van der Waals surface area contributed by atoms with Gasteiger partial charge in [-0.3, -0.25) is 4.79 Å². The number of hydrogen-bond acceptors (Lipinski definition) is 1. The maximum atomic E-state index is 10.3. The number of hydrogen-bond donors (Lipinski definition) is 1. The molecule has 0 radical (unpaired) electrons. The maximum absolute atomic E-state index is 10.3. The molecule has 9 heavy (non-hydrogen) atoms. The minimum absolute atomic E-state index is 0.0492. The van der Waals surface area contributed by atoms with Crippen LogP contribution in [0.4, 0.5) is 0 Å². The number of carboxylic acids is 1. The van der Waals surface area contributed by atoms with Crippen LogP contribution in [0.1, 0.15) is 19.3 Å². The average molecular weight is 240 g/mol. The third kappa shape index (κ3) is 1.81. The van der Waals surface area contributed by atoms with Gasteiger partial charge in [0, 0.05) is 3.92 Å². The van der Waals surface area contributed by atoms with Gasteiger partial charge in [-0.15, -0.1) is 0 Å². The molecule has 0 aliphatic heterocycles. The van der Waals surface area contributed by atoms with Crippen LogP contribution in [-0.4, -0.2) is 15.0 Å². The molecule has 0 bridgehead atoms. The molecule has 0 aromatic heterocycles. The van der Waals surface area contributed by atoms with Gasteiger partial charge in [0.25, 0.3) is 0 Å². The number of rotatable bonds is 1. The Hall–Kier alpha value is 0.200. The topological polar surface area (TPSA) is 37.3 Å². The fourth-order valence-electron chi connectivity index (χ4n) is 1.15. The first-order valence-electron chi connectivity index (χ1n) is 3.07. The zero-order valence-electron chi connectivity index (χ0n) is 5.01. The largest absolute Gasteiger partial charge is 0.481 e. The molecule has 1 fully saturated rings. The number of carboxylic acid groups (broad SMARTS) is 1. The van der Waals surface area contributed by atoms with E-state index in [1.807, 2.05) is 0 Å². The van der Waals surface area contributed by atoms with E-state index in [0.717, 1.165) is 19.3 Å². The van der Waals surface area contributed by atoms with Crippen LogP contribution in [0.25, 0.3) is 0 Å². The smallest absolute Gasteiger partial charge is 0.306 e. The summed E-state index contributed by atoms with van der Waals surface area (Å²) in [7, 11) is 0. The summed E-state index contributed by atoms with van der Waals surface area (Å²) in [6.07, 6.45) is 2.83. The number of carbonyl (C=O) groups is 1. The molecule has 2 atom stereocenters. The summed E-state index contributed by atoms with van der Waals surface area (Å²) in [5.41, 5.74) is 0. The van der Waals surface area contributed by atoms with Crippen molar-refractivity contribution in [3.8, 4) is 0 Å². The first-order chi connectivity index (χ1) is 4.20. The number of aliphatic carboxylic acids is 1. The molecule has 2 nitrogen and oxygen atoms in total. The Morgan fingerprint density at radius 1 is 1.56 bits per heavy atom. The molecule has 0 heterocycles. The van der Waals surface area contributed by atoms with E-state index in [0.29, 0.717) is 3.92 Å². The van der Waals surface area contributed by atoms with Gasteiger partial charge in [-0.2, -0.15) is 0 Å². The Kier molecular flexibility index (Phi) is 2.32. The van der Waals surface area contributed by atoms with Crippen LogP contribution in [0.2, 0.25) is 0 Å². The SMILES string of the molecule is O=C(O)[C@H]1CC[C@@H](I)C1. The van der Waals surface area contributed by atoms with Gasteiger partial charge in [-0.25, -0.2) is 0 Å². The predicted octanol–water partition coefficient (Wildman–Crippen LogP) is 1.67. The lowest BCUT2D eigenvalue weighted by Gasteiger charge is -1.98. The second-order valence-corrected chi connectivity index (χ2v) is 4.21. The van der Waals surface area contributed by atoms with Gasteiger partial charge in [-0.1, -0.05) is 22.6 Å². The van der Waals surface area contributed by atoms with E-state index in [1.165, 1.54) is 0 Å². The quantitative estimate of drug-likeness (QED) is 0.559. The summed E-state index contributed by atoms with van der Waals surface area (Å²) < 4.78 is 0.601. The van der Waals surface area contributed by atoms with Gasteiger partial charge in [0.2, 0.25) is 0 Å². The molecule has 1 rings (SSSR count). The first-order valence-corrected chi connectivity index (χ1v) is 4.31. The van der Waals surface area contributed by atoms with Crippen molar-refractivity contribution in [2.75, 3.05) is 0 Å². The zero-order valence-corrected chi connectivity index (χ0v) is 7.17. The van der Waals surface area contributed by atoms with Gasteiger partial charge in [0.1, 0.15) is 0 Å². The highest BCUT2D eigenvalue weighted by Crippen LogP contribution is 2.30. The van der Waals surface area contributed by atoms with Crippen LogP contribution >= 0.6 is 22.6 Å². The van der Waals surface area contributed by atoms with E-state index >= 15 is 0 Å². The molecule has 0 amide bonds. The van der Waals surface area contributed by atoms with Gasteiger partial charge < -0.3 is 5.11 Å². The van der Waals surface area contributed by atoms with E-state index in [4.69, 9.17) is 5.11 Å². The van der Waals surface area contributed by atoms with Gasteiger partial charge in [0.05, 0.1) is 5.92 Å². The Balaban J connectivity index is 2.39. The molecule has 0 unspecified atom stereocenters. The Morgan fingerprint density at radius 2 is 2.22 bits per heavy atom. The molecular formula is C6H9IO2. The highest BCUT2D eigenvalue weighted by molar-refractivity contribution is 14.1. The van der Waals surface area contributed by atoms with Crippen molar-refractivity contribution in [2.24, 2.45) is 5.92 Å². The van der Waals surface area contributed by atoms with E-state index in [9.17, 15) is 4.79 Å². The minimum atomic E-state index is -0.617. The van der Waals surface area contributed by atoms with Crippen molar-refractivity contribution in [1.29, 1.82) is 0 Å². The van der Waals surface area contributed by atoms with Crippen molar-refractivity contribution < 1.29 is 9.90 Å². The summed E-state index contributed by atoms with van der Waals surface area (Å²) in [5.74, 6) is -0.666. The maximum Gasteiger partial charge on any atom is 0.306 e. The van der Waals surface area contributed by atoms with E-state index in [1.54, 1.807) is 0 Å². The second-order valence-electron chi connectivity index (χ2n) is 2.45. The lowest BCUT2D eigenvalue weighted by Crippen LogP contribution is -2.09. The van der Waals surface area contributed by atoms with Crippen molar-refractivity contribution in [3.05, 3.63) is 0 Å². The zero-order chi connectivity index (χ0) is 6.85. The lowest BCUT2D eigenvalue weighted by molar-refractivity contribution is -0.141. The highest BCUT2D eigenvalue weighted by atomic mass is 127. The van der Waals surface area contributed by atoms with E-state index in [2.05, 4.69) is 22.6 Å². The molecule has 1 aliphatic rings. The minimum Gasteiger partial charge on any atom is -0.481 e. The summed E-state index contributed by atoms with van der Waals surface area (Å²) in [6, 6.07) is 0. The standard InChI is InChI=1S/C6H9IO2/c7-5-2-1-4(3-5)6(8)9/h4-5H,1-3H2,(H,8,9)/t4-,5+/m0/s1. The highest BCUT2D eigenvalue weighted by Gasteiger charge is 2.27. The van der Waals surface area contributed by atoms with Gasteiger partial charge in [-0.05, 0) is 19.3 Å². The predicted molar refractivity (Wildman–Crippen MR) is 42.8 cm³/mol. The van der Waals surface area contributed by atoms with Crippen LogP contribution in [0.15, 0.2) is 0 Å². The molecule has 0 aromatic rings. The van der Waals surface area contributed by atoms with E-state index in [-0.39, 0.29) is 5.92 Å². The molecule has 3 heteroatoms. The van der Waals surface area contributed by atoms with Crippen molar-refractivity contribution in [1.82, 2.24) is 0 Å². The molecule has 0 aromatic carbocycles. The second kappa shape index (κ2) is 2.86. The van der Waals surface area contributed by atoms with Crippen molar-refractivity contribution in [2.45, 2.75) is 23.2 Å². The van der Waals surface area contributed by atoms with Crippen LogP contribution in [-0.2, 0) is 4.79 Å². The summed E-state index contributed by atoms with van der Waals surface area (Å²) in [5, 5.41) is 8.53.